The maximum Gasteiger partial charge on any atom is 0.119 e. The molecule has 0 aliphatic carbocycles. The smallest absolute Gasteiger partial charge is 0.119 e. The topological polar surface area (TPSA) is 40.5 Å². The van der Waals surface area contributed by atoms with Crippen molar-refractivity contribution in [2.75, 3.05) is 0 Å². The number of unbranched alkanes of at least 4 members (excludes halogenated alkanes) is 4. The van der Waals surface area contributed by atoms with E-state index in [2.05, 4.69) is 39.8 Å². The third-order valence-electron chi connectivity index (χ3n) is 6.35. The van der Waals surface area contributed by atoms with Crippen molar-refractivity contribution in [1.29, 1.82) is 0 Å². The van der Waals surface area contributed by atoms with E-state index in [1.54, 1.807) is 0 Å². The van der Waals surface area contributed by atoms with Crippen molar-refractivity contribution in [3.8, 4) is 11.5 Å². The molecule has 0 saturated carbocycles. The summed E-state index contributed by atoms with van der Waals surface area (Å²) in [5.41, 5.74) is 6.98. The zero-order valence-electron chi connectivity index (χ0n) is 20.4. The lowest BCUT2D eigenvalue weighted by Gasteiger charge is -2.18. The summed E-state index contributed by atoms with van der Waals surface area (Å²) < 4.78 is 0. The minimum absolute atomic E-state index is 0.399. The number of hydrogen-bond acceptors (Lipinski definition) is 2. The van der Waals surface area contributed by atoms with Crippen LogP contribution in [0.2, 0.25) is 0 Å². The summed E-state index contributed by atoms with van der Waals surface area (Å²) in [7, 11) is 0. The molecule has 0 unspecified atom stereocenters. The molecule has 0 aliphatic heterocycles. The molecule has 2 N–H and O–H groups in total. The highest BCUT2D eigenvalue weighted by Crippen LogP contribution is 2.34. The Morgan fingerprint density at radius 3 is 1.23 bits per heavy atom. The molecule has 2 heteroatoms. The molecular weight excluding hydrogens is 380 g/mol. The minimum atomic E-state index is 0.399. The predicted octanol–water partition coefficient (Wildman–Crippen LogP) is 8.06. The summed E-state index contributed by atoms with van der Waals surface area (Å²) in [5, 5.41) is 22.0. The van der Waals surface area contributed by atoms with Crippen LogP contribution in [0, 0.1) is 0 Å². The zero-order chi connectivity index (χ0) is 22.6. The Balaban J connectivity index is 2.44. The van der Waals surface area contributed by atoms with Crippen LogP contribution in [0.4, 0.5) is 0 Å². The normalized spacial score (nSPS) is 11.2. The number of phenolic OH excluding ortho intramolecular Hbond substituents is 2. The van der Waals surface area contributed by atoms with E-state index in [4.69, 9.17) is 0 Å². The average molecular weight is 425 g/mol. The Kier molecular flexibility index (Phi) is 11.0. The molecule has 0 atom stereocenters. The van der Waals surface area contributed by atoms with Gasteiger partial charge in [-0.2, -0.15) is 0 Å². The van der Waals surface area contributed by atoms with E-state index in [9.17, 15) is 10.2 Å². The summed E-state index contributed by atoms with van der Waals surface area (Å²) in [6.07, 6.45) is 13.7. The molecule has 0 radical (unpaired) electrons. The molecule has 0 heterocycles. The van der Waals surface area contributed by atoms with Crippen LogP contribution >= 0.6 is 0 Å². The van der Waals surface area contributed by atoms with E-state index in [0.717, 1.165) is 88.2 Å². The van der Waals surface area contributed by atoms with Gasteiger partial charge >= 0.3 is 0 Å². The molecule has 0 aromatic heterocycles. The summed E-state index contributed by atoms with van der Waals surface area (Å²) in [6, 6.07) is 8.52. The molecule has 0 saturated heterocycles. The van der Waals surface area contributed by atoms with Crippen LogP contribution < -0.4 is 0 Å². The molecule has 0 amide bonds. The minimum Gasteiger partial charge on any atom is -0.508 e. The Morgan fingerprint density at radius 2 is 0.871 bits per heavy atom. The van der Waals surface area contributed by atoms with Crippen molar-refractivity contribution in [2.45, 2.75) is 111 Å². The molecule has 0 spiro atoms. The molecule has 0 aliphatic rings. The van der Waals surface area contributed by atoms with E-state index in [1.165, 1.54) is 22.3 Å². The second-order valence-electron chi connectivity index (χ2n) is 9.10. The van der Waals surface area contributed by atoms with E-state index in [-0.39, 0.29) is 0 Å². The van der Waals surface area contributed by atoms with Gasteiger partial charge in [-0.05, 0) is 85.8 Å². The van der Waals surface area contributed by atoms with Crippen LogP contribution in [0.3, 0.4) is 0 Å². The molecule has 2 aromatic carbocycles. The zero-order valence-corrected chi connectivity index (χ0v) is 20.4. The number of phenols is 2. The second-order valence-corrected chi connectivity index (χ2v) is 9.10. The summed E-state index contributed by atoms with van der Waals surface area (Å²) >= 11 is 0. The number of hydrogen-bond donors (Lipinski definition) is 2. The molecule has 172 valence electrons. The molecule has 0 fully saturated rings. The van der Waals surface area contributed by atoms with Gasteiger partial charge in [-0.15, -0.1) is 0 Å². The molecule has 0 bridgehead atoms. The van der Waals surface area contributed by atoms with E-state index < -0.39 is 0 Å². The quantitative estimate of drug-likeness (QED) is 0.322. The SMILES string of the molecule is CCCCc1cc(O)c(Cc2c(O)cc(CCCC)cc2CCCC)c(CCCC)c1. The number of aromatic hydroxyl groups is 2. The fraction of sp³-hybridized carbons (Fsp3) is 0.586. The van der Waals surface area contributed by atoms with E-state index in [0.29, 0.717) is 17.9 Å². The Morgan fingerprint density at radius 1 is 0.516 bits per heavy atom. The first-order chi connectivity index (χ1) is 15.0. The Hall–Kier alpha value is -1.96. The second kappa shape index (κ2) is 13.5. The number of aryl methyl sites for hydroxylation is 4. The van der Waals surface area contributed by atoms with Crippen LogP contribution in [0.15, 0.2) is 24.3 Å². The summed E-state index contributed by atoms with van der Waals surface area (Å²) in [6.45, 7) is 8.84. The monoisotopic (exact) mass is 424 g/mol. The highest BCUT2D eigenvalue weighted by molar-refractivity contribution is 5.51. The van der Waals surface area contributed by atoms with Crippen LogP contribution in [0.25, 0.3) is 0 Å². The fourth-order valence-corrected chi connectivity index (χ4v) is 4.38. The van der Waals surface area contributed by atoms with Crippen molar-refractivity contribution >= 4 is 0 Å². The van der Waals surface area contributed by atoms with Gasteiger partial charge in [-0.1, -0.05) is 65.5 Å². The average Bonchev–Trinajstić information content (AvgIpc) is 2.76. The highest BCUT2D eigenvalue weighted by Gasteiger charge is 2.17. The first-order valence-electron chi connectivity index (χ1n) is 12.7. The van der Waals surface area contributed by atoms with Crippen LogP contribution in [-0.4, -0.2) is 10.2 Å². The van der Waals surface area contributed by atoms with Gasteiger partial charge in [0.15, 0.2) is 0 Å². The van der Waals surface area contributed by atoms with Gasteiger partial charge in [0.1, 0.15) is 11.5 Å². The standard InChI is InChI=1S/C29H44O2/c1-5-9-13-22-17-24(15-11-7-3)26(28(30)19-22)21-27-25(16-12-8-4)18-23(14-10-6-2)20-29(27)31/h17-20,30-31H,5-16,21H2,1-4H3. The molecular formula is C29H44O2. The molecule has 31 heavy (non-hydrogen) atoms. The fourth-order valence-electron chi connectivity index (χ4n) is 4.38. The Labute approximate surface area is 190 Å². The van der Waals surface area contributed by atoms with Crippen molar-refractivity contribution in [3.63, 3.8) is 0 Å². The van der Waals surface area contributed by atoms with Crippen molar-refractivity contribution in [1.82, 2.24) is 0 Å². The largest absolute Gasteiger partial charge is 0.508 e. The summed E-state index contributed by atoms with van der Waals surface area (Å²) in [5.74, 6) is 0.797. The van der Waals surface area contributed by atoms with Crippen molar-refractivity contribution in [3.05, 3.63) is 57.6 Å². The third-order valence-corrected chi connectivity index (χ3v) is 6.35. The maximum atomic E-state index is 11.0. The first-order valence-corrected chi connectivity index (χ1v) is 12.7. The van der Waals surface area contributed by atoms with Crippen LogP contribution in [0.1, 0.15) is 112 Å². The Bertz CT molecular complexity index is 739. The van der Waals surface area contributed by atoms with E-state index in [1.807, 2.05) is 12.1 Å². The van der Waals surface area contributed by atoms with E-state index >= 15 is 0 Å². The molecule has 2 rings (SSSR count). The van der Waals surface area contributed by atoms with Gasteiger partial charge in [0.05, 0.1) is 0 Å². The lowest BCUT2D eigenvalue weighted by Crippen LogP contribution is -2.04. The predicted molar refractivity (Wildman–Crippen MR) is 133 cm³/mol. The van der Waals surface area contributed by atoms with Crippen LogP contribution in [-0.2, 0) is 32.1 Å². The van der Waals surface area contributed by atoms with Gasteiger partial charge in [0.2, 0.25) is 0 Å². The maximum absolute atomic E-state index is 11.0. The number of rotatable bonds is 14. The van der Waals surface area contributed by atoms with Gasteiger partial charge < -0.3 is 10.2 Å². The molecule has 2 nitrogen and oxygen atoms in total. The highest BCUT2D eigenvalue weighted by atomic mass is 16.3. The number of benzene rings is 2. The lowest BCUT2D eigenvalue weighted by molar-refractivity contribution is 0.460. The van der Waals surface area contributed by atoms with Crippen molar-refractivity contribution in [2.24, 2.45) is 0 Å². The first kappa shape index (κ1) is 25.3. The summed E-state index contributed by atoms with van der Waals surface area (Å²) in [4.78, 5) is 0. The lowest BCUT2D eigenvalue weighted by atomic mass is 9.88. The van der Waals surface area contributed by atoms with Crippen molar-refractivity contribution < 1.29 is 10.2 Å². The van der Waals surface area contributed by atoms with Gasteiger partial charge in [-0.25, -0.2) is 0 Å². The molecule has 2 aromatic rings. The van der Waals surface area contributed by atoms with Gasteiger partial charge in [0.25, 0.3) is 0 Å². The van der Waals surface area contributed by atoms with Crippen LogP contribution in [0.5, 0.6) is 11.5 Å². The third kappa shape index (κ3) is 7.59. The van der Waals surface area contributed by atoms with Gasteiger partial charge in [-0.3, -0.25) is 0 Å². The van der Waals surface area contributed by atoms with Gasteiger partial charge in [0, 0.05) is 17.5 Å².